The first-order valence-electron chi connectivity index (χ1n) is 3.53. The Morgan fingerprint density at radius 2 is 2.20 bits per heavy atom. The maximum Gasteiger partial charge on any atom is 0.201 e. The Balaban J connectivity index is 2.26. The molecule has 0 heterocycles. The third kappa shape index (κ3) is 2.66. The van der Waals surface area contributed by atoms with Crippen molar-refractivity contribution in [3.05, 3.63) is 6.42 Å². The molecule has 1 rings (SSSR count). The lowest BCUT2D eigenvalue weighted by Gasteiger charge is -2.18. The van der Waals surface area contributed by atoms with Gasteiger partial charge in [0.1, 0.15) is 0 Å². The van der Waals surface area contributed by atoms with E-state index in [2.05, 4.69) is 4.72 Å². The number of hydrogen-bond donors (Lipinski definition) is 2. The van der Waals surface area contributed by atoms with E-state index < -0.39 is 10.9 Å². The Morgan fingerprint density at radius 3 is 2.70 bits per heavy atom. The molecule has 1 saturated carbocycles. The van der Waals surface area contributed by atoms with Gasteiger partial charge in [-0.05, 0) is 19.3 Å². The van der Waals surface area contributed by atoms with Crippen LogP contribution < -0.4 is 4.72 Å². The summed E-state index contributed by atoms with van der Waals surface area (Å²) < 4.78 is 22.8. The zero-order chi connectivity index (χ0) is 7.40. The molecule has 1 aliphatic carbocycles. The van der Waals surface area contributed by atoms with Crippen LogP contribution in [0.4, 0.5) is 0 Å². The van der Waals surface area contributed by atoms with Gasteiger partial charge in [-0.2, -0.15) is 0 Å². The van der Waals surface area contributed by atoms with Crippen molar-refractivity contribution in [1.29, 1.82) is 0 Å². The molecule has 1 N–H and O–H groups in total. The quantitative estimate of drug-likeness (QED) is 0.572. The lowest BCUT2D eigenvalue weighted by Crippen LogP contribution is -2.29. The minimum Gasteiger partial charge on any atom is -0.216 e. The first-order chi connectivity index (χ1) is 4.79. The van der Waals surface area contributed by atoms with E-state index in [0.717, 1.165) is 19.3 Å². The molecule has 0 saturated heterocycles. The van der Waals surface area contributed by atoms with Crippen LogP contribution in [0.1, 0.15) is 25.7 Å². The third-order valence-corrected chi connectivity index (χ3v) is 2.23. The Kier molecular flexibility index (Phi) is 3.15. The van der Waals surface area contributed by atoms with E-state index in [1.54, 1.807) is 0 Å². The van der Waals surface area contributed by atoms with Crippen molar-refractivity contribution in [1.82, 2.24) is 4.72 Å². The molecule has 0 bridgehead atoms. The van der Waals surface area contributed by atoms with Gasteiger partial charge in [-0.25, -0.2) is 13.1 Å². The fraction of sp³-hybridized carbons (Fsp3) is 0.833. The highest BCUT2D eigenvalue weighted by Gasteiger charge is 2.12. The summed E-state index contributed by atoms with van der Waals surface area (Å²) in [6.07, 6.45) is 6.38. The second-order valence-corrected chi connectivity index (χ2v) is 3.29. The molecule has 0 aromatic rings. The van der Waals surface area contributed by atoms with Crippen molar-refractivity contribution in [2.45, 2.75) is 31.7 Å². The summed E-state index contributed by atoms with van der Waals surface area (Å²) in [5, 5.41) is 0. The molecule has 1 unspecified atom stereocenters. The third-order valence-electron chi connectivity index (χ3n) is 1.69. The fourth-order valence-electron chi connectivity index (χ4n) is 1.20. The van der Waals surface area contributed by atoms with Crippen molar-refractivity contribution in [3.8, 4) is 0 Å². The molecule has 1 atom stereocenters. The molecule has 1 radical (unpaired) electrons. The van der Waals surface area contributed by atoms with Gasteiger partial charge in [-0.1, -0.05) is 12.8 Å². The molecule has 0 aromatic carbocycles. The average Bonchev–Trinajstić information content (AvgIpc) is 1.88. The van der Waals surface area contributed by atoms with Crippen LogP contribution >= 0.6 is 0 Å². The molecule has 1 aliphatic rings. The fourth-order valence-corrected chi connectivity index (χ4v) is 1.70. The summed E-state index contributed by atoms with van der Waals surface area (Å²) in [7, 11) is -2.40. The largest absolute Gasteiger partial charge is 0.216 e. The highest BCUT2D eigenvalue weighted by atomic mass is 32.2. The zero-order valence-corrected chi connectivity index (χ0v) is 6.64. The molecule has 4 heteroatoms. The number of hydrogen-bond acceptors (Lipinski definition) is 2. The van der Waals surface area contributed by atoms with Gasteiger partial charge in [-0.3, -0.25) is 0 Å². The topological polar surface area (TPSA) is 46.2 Å². The summed E-state index contributed by atoms with van der Waals surface area (Å²) in [5.74, 6) is 0. The summed E-state index contributed by atoms with van der Waals surface area (Å²) in [4.78, 5) is 0. The predicted molar refractivity (Wildman–Crippen MR) is 40.0 cm³/mol. The molecular weight excluding hydrogens is 150 g/mol. The molecule has 59 valence electrons. The summed E-state index contributed by atoms with van der Waals surface area (Å²) in [6, 6.07) is 0.106. The van der Waals surface area contributed by atoms with Gasteiger partial charge in [0.15, 0.2) is 0 Å². The second-order valence-electron chi connectivity index (χ2n) is 2.51. The predicted octanol–water partition coefficient (Wildman–Crippen LogP) is 0.249. The minimum atomic E-state index is -2.40. The molecule has 0 aliphatic heterocycles. The zero-order valence-electron chi connectivity index (χ0n) is 5.75. The van der Waals surface area contributed by atoms with Crippen molar-refractivity contribution < 1.29 is 8.42 Å². The molecule has 0 aromatic heterocycles. The van der Waals surface area contributed by atoms with Crippen LogP contribution in [-0.4, -0.2) is 14.5 Å². The Hall–Kier alpha value is -0.0900. The van der Waals surface area contributed by atoms with Crippen LogP contribution in [0, 0.1) is 6.42 Å². The van der Waals surface area contributed by atoms with Gasteiger partial charge in [0.25, 0.3) is 0 Å². The molecule has 0 spiro atoms. The molecule has 10 heavy (non-hydrogen) atoms. The SMILES string of the molecule is O=[SH](=O)NC1[CH]CCCC1. The smallest absolute Gasteiger partial charge is 0.201 e. The lowest BCUT2D eigenvalue weighted by atomic mass is 9.96. The summed E-state index contributed by atoms with van der Waals surface area (Å²) in [5.41, 5.74) is 0. The minimum absolute atomic E-state index is 0.106. The number of thiol groups is 1. The van der Waals surface area contributed by atoms with Crippen LogP contribution in [0.2, 0.25) is 0 Å². The molecule has 3 nitrogen and oxygen atoms in total. The van der Waals surface area contributed by atoms with E-state index in [9.17, 15) is 8.42 Å². The first-order valence-corrected chi connectivity index (χ1v) is 4.70. The van der Waals surface area contributed by atoms with Crippen LogP contribution in [0.15, 0.2) is 0 Å². The van der Waals surface area contributed by atoms with E-state index in [0.29, 0.717) is 0 Å². The Labute approximate surface area is 62.9 Å². The molecule has 1 fully saturated rings. The highest BCUT2D eigenvalue weighted by Crippen LogP contribution is 2.15. The maximum absolute atomic E-state index is 10.2. The first kappa shape index (κ1) is 8.01. The van der Waals surface area contributed by atoms with E-state index in [1.165, 1.54) is 6.42 Å². The van der Waals surface area contributed by atoms with Crippen LogP contribution in [0.3, 0.4) is 0 Å². The van der Waals surface area contributed by atoms with Gasteiger partial charge in [0.2, 0.25) is 10.9 Å². The van der Waals surface area contributed by atoms with Crippen LogP contribution in [0.5, 0.6) is 0 Å². The Bertz CT molecular complexity index is 153. The standard InChI is InChI=1S/C6H12NO2S/c8-10(9)7-6-4-2-1-3-5-6/h4,6,10H,1-3,5H2,(H,7,8,9). The number of rotatable bonds is 2. The van der Waals surface area contributed by atoms with E-state index in [-0.39, 0.29) is 6.04 Å². The normalized spacial score (nSPS) is 21.7. The molecular formula is C6H12NO2S. The lowest BCUT2D eigenvalue weighted by molar-refractivity contribution is 0.495. The summed E-state index contributed by atoms with van der Waals surface area (Å²) >= 11 is 0. The average molecular weight is 162 g/mol. The van der Waals surface area contributed by atoms with Gasteiger partial charge >= 0.3 is 0 Å². The highest BCUT2D eigenvalue weighted by molar-refractivity contribution is 7.70. The van der Waals surface area contributed by atoms with Crippen LogP contribution in [0.25, 0.3) is 0 Å². The van der Waals surface area contributed by atoms with E-state index >= 15 is 0 Å². The van der Waals surface area contributed by atoms with Crippen molar-refractivity contribution >= 4 is 10.9 Å². The van der Waals surface area contributed by atoms with E-state index in [4.69, 9.17) is 0 Å². The van der Waals surface area contributed by atoms with Gasteiger partial charge < -0.3 is 0 Å². The maximum atomic E-state index is 10.2. The van der Waals surface area contributed by atoms with Crippen molar-refractivity contribution in [3.63, 3.8) is 0 Å². The Morgan fingerprint density at radius 1 is 1.40 bits per heavy atom. The number of nitrogens with one attached hydrogen (secondary N) is 1. The molecule has 0 amide bonds. The van der Waals surface area contributed by atoms with Gasteiger partial charge in [0, 0.05) is 6.04 Å². The van der Waals surface area contributed by atoms with Crippen molar-refractivity contribution in [2.75, 3.05) is 0 Å². The van der Waals surface area contributed by atoms with E-state index in [1.807, 2.05) is 6.42 Å². The van der Waals surface area contributed by atoms with Crippen molar-refractivity contribution in [2.24, 2.45) is 0 Å². The van der Waals surface area contributed by atoms with Gasteiger partial charge in [0.05, 0.1) is 0 Å². The van der Waals surface area contributed by atoms with Gasteiger partial charge in [-0.15, -0.1) is 0 Å². The van der Waals surface area contributed by atoms with Crippen LogP contribution in [-0.2, 0) is 10.9 Å². The summed E-state index contributed by atoms with van der Waals surface area (Å²) in [6.45, 7) is 0. The monoisotopic (exact) mass is 162 g/mol. The second kappa shape index (κ2) is 3.93.